The molecule has 1 amide bonds. The number of hydrogen-bond acceptors (Lipinski definition) is 3. The quantitative estimate of drug-likeness (QED) is 0.680. The molecule has 2 unspecified atom stereocenters. The normalized spacial score (nSPS) is 13.8. The van der Waals surface area contributed by atoms with Crippen LogP contribution in [-0.2, 0) is 9.53 Å². The molecule has 4 heteroatoms. The predicted molar refractivity (Wildman–Crippen MR) is 81.5 cm³/mol. The molecule has 0 radical (unpaired) electrons. The third-order valence-corrected chi connectivity index (χ3v) is 3.22. The molecule has 0 aliphatic carbocycles. The number of hydrogen-bond donors (Lipinski definition) is 2. The van der Waals surface area contributed by atoms with Gasteiger partial charge in [0.25, 0.3) is 0 Å². The van der Waals surface area contributed by atoms with E-state index in [2.05, 4.69) is 22.8 Å². The van der Waals surface area contributed by atoms with Crippen LogP contribution in [0.1, 0.15) is 31.9 Å². The van der Waals surface area contributed by atoms with Crippen LogP contribution in [0.15, 0.2) is 30.3 Å². The van der Waals surface area contributed by atoms with Crippen molar-refractivity contribution in [2.75, 3.05) is 26.7 Å². The standard InChI is InChI=1S/C16H26N2O2/c1-13(12-17-3)16(19)18-10-7-11-20-14(2)15-8-5-4-6-9-15/h4-6,8-9,13-14,17H,7,10-12H2,1-3H3,(H,18,19). The van der Waals surface area contributed by atoms with E-state index in [1.165, 1.54) is 5.56 Å². The summed E-state index contributed by atoms with van der Waals surface area (Å²) in [5.74, 6) is 0.0969. The lowest BCUT2D eigenvalue weighted by molar-refractivity contribution is -0.124. The van der Waals surface area contributed by atoms with Gasteiger partial charge in [-0.1, -0.05) is 37.3 Å². The number of nitrogens with one attached hydrogen (secondary N) is 2. The Bertz CT molecular complexity index is 381. The zero-order valence-electron chi connectivity index (χ0n) is 12.7. The van der Waals surface area contributed by atoms with Crippen LogP contribution in [0, 0.1) is 5.92 Å². The first-order valence-electron chi connectivity index (χ1n) is 7.24. The van der Waals surface area contributed by atoms with E-state index in [9.17, 15) is 4.79 Å². The van der Waals surface area contributed by atoms with E-state index in [1.54, 1.807) is 0 Å². The first-order valence-corrected chi connectivity index (χ1v) is 7.24. The fourth-order valence-corrected chi connectivity index (χ4v) is 1.94. The van der Waals surface area contributed by atoms with E-state index in [0.717, 1.165) is 6.42 Å². The van der Waals surface area contributed by atoms with Crippen LogP contribution in [0.4, 0.5) is 0 Å². The SMILES string of the molecule is CNCC(C)C(=O)NCCCOC(C)c1ccccc1. The lowest BCUT2D eigenvalue weighted by atomic mass is 10.1. The van der Waals surface area contributed by atoms with Crippen molar-refractivity contribution in [3.63, 3.8) is 0 Å². The molecule has 1 aromatic carbocycles. The first kappa shape index (κ1) is 16.7. The molecule has 0 bridgehead atoms. The molecule has 1 aromatic rings. The Morgan fingerprint density at radius 3 is 2.60 bits per heavy atom. The van der Waals surface area contributed by atoms with Crippen molar-refractivity contribution in [3.8, 4) is 0 Å². The van der Waals surface area contributed by atoms with Gasteiger partial charge in [0.1, 0.15) is 0 Å². The van der Waals surface area contributed by atoms with E-state index in [0.29, 0.717) is 19.7 Å². The van der Waals surface area contributed by atoms with Crippen molar-refractivity contribution in [2.45, 2.75) is 26.4 Å². The van der Waals surface area contributed by atoms with Crippen molar-refractivity contribution in [1.29, 1.82) is 0 Å². The summed E-state index contributed by atoms with van der Waals surface area (Å²) in [6, 6.07) is 10.1. The van der Waals surface area contributed by atoms with Crippen LogP contribution < -0.4 is 10.6 Å². The Morgan fingerprint density at radius 1 is 1.25 bits per heavy atom. The Labute approximate surface area is 121 Å². The van der Waals surface area contributed by atoms with Gasteiger partial charge in [-0.05, 0) is 26.0 Å². The second-order valence-corrected chi connectivity index (χ2v) is 5.03. The summed E-state index contributed by atoms with van der Waals surface area (Å²) in [7, 11) is 1.85. The zero-order valence-corrected chi connectivity index (χ0v) is 12.7. The van der Waals surface area contributed by atoms with E-state index in [4.69, 9.17) is 4.74 Å². The summed E-state index contributed by atoms with van der Waals surface area (Å²) in [5.41, 5.74) is 1.18. The average Bonchev–Trinajstić information content (AvgIpc) is 2.47. The van der Waals surface area contributed by atoms with Crippen LogP contribution in [0.5, 0.6) is 0 Å². The van der Waals surface area contributed by atoms with Gasteiger partial charge in [-0.25, -0.2) is 0 Å². The summed E-state index contributed by atoms with van der Waals surface area (Å²) in [4.78, 5) is 11.7. The molecular weight excluding hydrogens is 252 g/mol. The Balaban J connectivity index is 2.12. The second-order valence-electron chi connectivity index (χ2n) is 5.03. The van der Waals surface area contributed by atoms with Gasteiger partial charge in [0.05, 0.1) is 6.10 Å². The lowest BCUT2D eigenvalue weighted by Gasteiger charge is -2.14. The predicted octanol–water partition coefficient (Wildman–Crippen LogP) is 2.13. The third kappa shape index (κ3) is 6.17. The van der Waals surface area contributed by atoms with Crippen molar-refractivity contribution >= 4 is 5.91 Å². The van der Waals surface area contributed by atoms with Crippen molar-refractivity contribution < 1.29 is 9.53 Å². The maximum atomic E-state index is 11.7. The number of benzene rings is 1. The number of amides is 1. The second kappa shape index (κ2) is 9.50. The number of carbonyl (C=O) groups excluding carboxylic acids is 1. The Morgan fingerprint density at radius 2 is 1.95 bits per heavy atom. The summed E-state index contributed by atoms with van der Waals surface area (Å²) in [6.45, 7) is 5.97. The number of carbonyl (C=O) groups is 1. The van der Waals surface area contributed by atoms with Gasteiger partial charge in [0, 0.05) is 25.6 Å². The van der Waals surface area contributed by atoms with Crippen LogP contribution in [0.3, 0.4) is 0 Å². The summed E-state index contributed by atoms with van der Waals surface area (Å²) in [5, 5.41) is 5.92. The maximum absolute atomic E-state index is 11.7. The highest BCUT2D eigenvalue weighted by Crippen LogP contribution is 2.15. The molecule has 4 nitrogen and oxygen atoms in total. The topological polar surface area (TPSA) is 50.4 Å². The molecule has 20 heavy (non-hydrogen) atoms. The molecular formula is C16H26N2O2. The van der Waals surface area contributed by atoms with Gasteiger partial charge in [0.2, 0.25) is 5.91 Å². The third-order valence-electron chi connectivity index (χ3n) is 3.22. The highest BCUT2D eigenvalue weighted by molar-refractivity contribution is 5.78. The first-order chi connectivity index (χ1) is 9.65. The summed E-state index contributed by atoms with van der Waals surface area (Å²) >= 11 is 0. The van der Waals surface area contributed by atoms with Crippen LogP contribution in [0.25, 0.3) is 0 Å². The lowest BCUT2D eigenvalue weighted by Crippen LogP contribution is -2.35. The van der Waals surface area contributed by atoms with Crippen molar-refractivity contribution in [3.05, 3.63) is 35.9 Å². The van der Waals surface area contributed by atoms with Gasteiger partial charge in [-0.2, -0.15) is 0 Å². The van der Waals surface area contributed by atoms with Crippen LogP contribution in [0.2, 0.25) is 0 Å². The Hall–Kier alpha value is -1.39. The highest BCUT2D eigenvalue weighted by Gasteiger charge is 2.10. The van der Waals surface area contributed by atoms with Gasteiger partial charge in [0.15, 0.2) is 0 Å². The zero-order chi connectivity index (χ0) is 14.8. The van der Waals surface area contributed by atoms with Gasteiger partial charge >= 0.3 is 0 Å². The minimum Gasteiger partial charge on any atom is -0.374 e. The Kier molecular flexibility index (Phi) is 7.92. The molecule has 0 saturated carbocycles. The van der Waals surface area contributed by atoms with Gasteiger partial charge in [-0.15, -0.1) is 0 Å². The smallest absolute Gasteiger partial charge is 0.224 e. The molecule has 0 spiro atoms. The van der Waals surface area contributed by atoms with Crippen LogP contribution >= 0.6 is 0 Å². The molecule has 112 valence electrons. The monoisotopic (exact) mass is 278 g/mol. The molecule has 0 aliphatic heterocycles. The van der Waals surface area contributed by atoms with Crippen LogP contribution in [-0.4, -0.2) is 32.7 Å². The van der Waals surface area contributed by atoms with E-state index >= 15 is 0 Å². The largest absolute Gasteiger partial charge is 0.374 e. The number of rotatable bonds is 9. The minimum atomic E-state index is 0.00385. The highest BCUT2D eigenvalue weighted by atomic mass is 16.5. The van der Waals surface area contributed by atoms with E-state index < -0.39 is 0 Å². The van der Waals surface area contributed by atoms with Crippen molar-refractivity contribution in [1.82, 2.24) is 10.6 Å². The molecule has 0 heterocycles. The minimum absolute atomic E-state index is 0.00385. The molecule has 0 aromatic heterocycles. The molecule has 2 atom stereocenters. The fourth-order valence-electron chi connectivity index (χ4n) is 1.94. The molecule has 0 fully saturated rings. The molecule has 0 saturated heterocycles. The van der Waals surface area contributed by atoms with Gasteiger partial charge in [-0.3, -0.25) is 4.79 Å². The maximum Gasteiger partial charge on any atom is 0.224 e. The molecule has 1 rings (SSSR count). The van der Waals surface area contributed by atoms with E-state index in [-0.39, 0.29) is 17.9 Å². The fraction of sp³-hybridized carbons (Fsp3) is 0.562. The van der Waals surface area contributed by atoms with E-state index in [1.807, 2.05) is 39.1 Å². The van der Waals surface area contributed by atoms with Crippen molar-refractivity contribution in [2.24, 2.45) is 5.92 Å². The average molecular weight is 278 g/mol. The molecule has 2 N–H and O–H groups in total. The molecule has 0 aliphatic rings. The number of ether oxygens (including phenoxy) is 1. The summed E-state index contributed by atoms with van der Waals surface area (Å²) in [6.07, 6.45) is 0.921. The summed E-state index contributed by atoms with van der Waals surface area (Å²) < 4.78 is 5.75. The van der Waals surface area contributed by atoms with Gasteiger partial charge < -0.3 is 15.4 Å².